The fourth-order valence-corrected chi connectivity index (χ4v) is 1.32. The minimum absolute atomic E-state index is 0.224. The number of likely N-dealkylation sites (N-methyl/N-ethyl adjacent to an activating group) is 1. The van der Waals surface area contributed by atoms with Gasteiger partial charge in [0.2, 0.25) is 5.95 Å². The van der Waals surface area contributed by atoms with Gasteiger partial charge in [0.15, 0.2) is 0 Å². The van der Waals surface area contributed by atoms with E-state index in [0.717, 1.165) is 13.1 Å². The molecule has 1 aromatic heterocycles. The number of nitrogens with one attached hydrogen (secondary N) is 1. The Hall–Kier alpha value is -1.67. The molecule has 0 aliphatic carbocycles. The van der Waals surface area contributed by atoms with Crippen LogP contribution in [-0.4, -0.2) is 74.5 Å². The Morgan fingerprint density at radius 2 is 1.63 bits per heavy atom. The van der Waals surface area contributed by atoms with Crippen molar-refractivity contribution in [3.05, 3.63) is 0 Å². The van der Waals surface area contributed by atoms with Crippen molar-refractivity contribution in [2.45, 2.75) is 0 Å². The highest BCUT2D eigenvalue weighted by molar-refractivity contribution is 5.27. The summed E-state index contributed by atoms with van der Waals surface area (Å²) in [6, 6.07) is 0.448. The van der Waals surface area contributed by atoms with Gasteiger partial charge in [-0.25, -0.2) is 0 Å². The summed E-state index contributed by atoms with van der Waals surface area (Å²) < 4.78 is 14.9. The molecule has 0 unspecified atom stereocenters. The van der Waals surface area contributed by atoms with Crippen LogP contribution in [0.2, 0.25) is 0 Å². The number of methoxy groups -OCH3 is 3. The molecule has 0 atom stereocenters. The Labute approximate surface area is 113 Å². The van der Waals surface area contributed by atoms with Crippen LogP contribution >= 0.6 is 0 Å². The van der Waals surface area contributed by atoms with Gasteiger partial charge >= 0.3 is 12.0 Å². The summed E-state index contributed by atoms with van der Waals surface area (Å²) in [6.07, 6.45) is 0. The third-order valence-corrected chi connectivity index (χ3v) is 2.41. The van der Waals surface area contributed by atoms with E-state index in [2.05, 4.69) is 25.2 Å². The molecule has 8 heteroatoms. The zero-order valence-corrected chi connectivity index (χ0v) is 11.8. The average Bonchev–Trinajstić information content (AvgIpc) is 2.44. The lowest BCUT2D eigenvalue weighted by molar-refractivity contribution is 0.163. The predicted molar refractivity (Wildman–Crippen MR) is 70.8 cm³/mol. The van der Waals surface area contributed by atoms with Crippen LogP contribution in [0.5, 0.6) is 12.0 Å². The zero-order valence-electron chi connectivity index (χ0n) is 11.8. The number of hydrogen-bond acceptors (Lipinski definition) is 8. The molecule has 0 amide bonds. The van der Waals surface area contributed by atoms with Gasteiger partial charge in [-0.05, 0) is 7.05 Å². The SMILES string of the molecule is COCCN(C)CCNc1nc(OC)nc(OC)n1. The van der Waals surface area contributed by atoms with E-state index in [1.807, 2.05) is 7.05 Å². The average molecular weight is 271 g/mol. The van der Waals surface area contributed by atoms with Crippen LogP contribution in [0.3, 0.4) is 0 Å². The van der Waals surface area contributed by atoms with Crippen LogP contribution in [0.25, 0.3) is 0 Å². The molecule has 0 fully saturated rings. The predicted octanol–water partition coefficient (Wildman–Crippen LogP) is -0.121. The molecule has 1 N–H and O–H groups in total. The summed E-state index contributed by atoms with van der Waals surface area (Å²) in [5.41, 5.74) is 0. The maximum atomic E-state index is 5.01. The molecule has 0 saturated carbocycles. The van der Waals surface area contributed by atoms with Gasteiger partial charge in [0.1, 0.15) is 0 Å². The highest BCUT2D eigenvalue weighted by Crippen LogP contribution is 2.11. The zero-order chi connectivity index (χ0) is 14.1. The molecule has 0 aromatic carbocycles. The maximum Gasteiger partial charge on any atom is 0.324 e. The van der Waals surface area contributed by atoms with Crippen LogP contribution in [0.4, 0.5) is 5.95 Å². The maximum absolute atomic E-state index is 5.01. The van der Waals surface area contributed by atoms with Crippen LogP contribution < -0.4 is 14.8 Å². The molecule has 108 valence electrons. The lowest BCUT2D eigenvalue weighted by atomic mass is 10.5. The largest absolute Gasteiger partial charge is 0.467 e. The van der Waals surface area contributed by atoms with Crippen LogP contribution in [-0.2, 0) is 4.74 Å². The van der Waals surface area contributed by atoms with E-state index in [1.54, 1.807) is 7.11 Å². The van der Waals surface area contributed by atoms with Crippen molar-refractivity contribution >= 4 is 5.95 Å². The second-order valence-corrected chi connectivity index (χ2v) is 3.86. The molecule has 0 aliphatic rings. The first kappa shape index (κ1) is 15.4. The van der Waals surface area contributed by atoms with E-state index in [-0.39, 0.29) is 12.0 Å². The van der Waals surface area contributed by atoms with Gasteiger partial charge in [0.25, 0.3) is 0 Å². The molecule has 0 bridgehead atoms. The number of rotatable bonds is 9. The highest BCUT2D eigenvalue weighted by Gasteiger charge is 2.06. The third-order valence-electron chi connectivity index (χ3n) is 2.41. The summed E-state index contributed by atoms with van der Waals surface area (Å²) in [4.78, 5) is 14.2. The number of ether oxygens (including phenoxy) is 3. The molecule has 0 saturated heterocycles. The van der Waals surface area contributed by atoms with E-state index >= 15 is 0 Å². The number of aromatic nitrogens is 3. The fraction of sp³-hybridized carbons (Fsp3) is 0.727. The topological polar surface area (TPSA) is 81.6 Å². The lowest BCUT2D eigenvalue weighted by Gasteiger charge is -2.16. The molecule has 0 spiro atoms. The molecule has 1 heterocycles. The van der Waals surface area contributed by atoms with E-state index in [9.17, 15) is 0 Å². The van der Waals surface area contributed by atoms with Crippen LogP contribution in [0.1, 0.15) is 0 Å². The second-order valence-electron chi connectivity index (χ2n) is 3.86. The first-order valence-corrected chi connectivity index (χ1v) is 5.95. The molecule has 8 nitrogen and oxygen atoms in total. The van der Waals surface area contributed by atoms with Crippen molar-refractivity contribution in [2.24, 2.45) is 0 Å². The lowest BCUT2D eigenvalue weighted by Crippen LogP contribution is -2.28. The Morgan fingerprint density at radius 1 is 1.00 bits per heavy atom. The Kier molecular flexibility index (Phi) is 6.83. The van der Waals surface area contributed by atoms with Gasteiger partial charge in [0, 0.05) is 26.7 Å². The Bertz CT molecular complexity index is 355. The molecule has 0 aliphatic heterocycles. The molecule has 1 rings (SSSR count). The number of hydrogen-bond donors (Lipinski definition) is 1. The quantitative estimate of drug-likeness (QED) is 0.665. The minimum atomic E-state index is 0.224. The van der Waals surface area contributed by atoms with Gasteiger partial charge in [0.05, 0.1) is 20.8 Å². The van der Waals surface area contributed by atoms with E-state index in [0.29, 0.717) is 19.1 Å². The molecule has 19 heavy (non-hydrogen) atoms. The van der Waals surface area contributed by atoms with E-state index in [4.69, 9.17) is 14.2 Å². The van der Waals surface area contributed by atoms with Gasteiger partial charge in [-0.3, -0.25) is 0 Å². The number of anilines is 1. The molecule has 1 aromatic rings. The van der Waals surface area contributed by atoms with Crippen molar-refractivity contribution in [2.75, 3.05) is 59.9 Å². The first-order chi connectivity index (χ1) is 9.19. The Balaban J connectivity index is 2.44. The fourth-order valence-electron chi connectivity index (χ4n) is 1.32. The smallest absolute Gasteiger partial charge is 0.324 e. The normalized spacial score (nSPS) is 10.6. The molecular weight excluding hydrogens is 250 g/mol. The summed E-state index contributed by atoms with van der Waals surface area (Å²) in [7, 11) is 6.71. The molecule has 0 radical (unpaired) electrons. The summed E-state index contributed by atoms with van der Waals surface area (Å²) in [6.45, 7) is 3.14. The van der Waals surface area contributed by atoms with Gasteiger partial charge in [-0.2, -0.15) is 9.97 Å². The minimum Gasteiger partial charge on any atom is -0.467 e. The van der Waals surface area contributed by atoms with E-state index in [1.165, 1.54) is 14.2 Å². The van der Waals surface area contributed by atoms with Crippen LogP contribution in [0, 0.1) is 0 Å². The van der Waals surface area contributed by atoms with Crippen molar-refractivity contribution < 1.29 is 14.2 Å². The van der Waals surface area contributed by atoms with Crippen molar-refractivity contribution in [3.63, 3.8) is 0 Å². The summed E-state index contributed by atoms with van der Waals surface area (Å²) >= 11 is 0. The van der Waals surface area contributed by atoms with Crippen molar-refractivity contribution in [1.82, 2.24) is 19.9 Å². The first-order valence-electron chi connectivity index (χ1n) is 5.95. The van der Waals surface area contributed by atoms with Crippen molar-refractivity contribution in [1.29, 1.82) is 0 Å². The van der Waals surface area contributed by atoms with Gasteiger partial charge < -0.3 is 24.4 Å². The van der Waals surface area contributed by atoms with Crippen molar-refractivity contribution in [3.8, 4) is 12.0 Å². The standard InChI is InChI=1S/C11H21N5O3/c1-16(7-8-17-2)6-5-12-9-13-10(18-3)15-11(14-9)19-4/h5-8H2,1-4H3,(H,12,13,14,15). The Morgan fingerprint density at radius 3 is 2.16 bits per heavy atom. The summed E-state index contributed by atoms with van der Waals surface area (Å²) in [5, 5.41) is 3.10. The van der Waals surface area contributed by atoms with Gasteiger partial charge in [-0.15, -0.1) is 4.98 Å². The monoisotopic (exact) mass is 271 g/mol. The second kappa shape index (κ2) is 8.44. The molecular formula is C11H21N5O3. The highest BCUT2D eigenvalue weighted by atomic mass is 16.5. The number of nitrogens with zero attached hydrogens (tertiary/aromatic N) is 4. The third kappa shape index (κ3) is 5.66. The van der Waals surface area contributed by atoms with Gasteiger partial charge in [-0.1, -0.05) is 0 Å². The van der Waals surface area contributed by atoms with E-state index < -0.39 is 0 Å². The van der Waals surface area contributed by atoms with Crippen LogP contribution in [0.15, 0.2) is 0 Å². The summed E-state index contributed by atoms with van der Waals surface area (Å²) in [5.74, 6) is 0.434.